The zero-order valence-corrected chi connectivity index (χ0v) is 33.0. The van der Waals surface area contributed by atoms with Gasteiger partial charge in [-0.15, -0.1) is 0 Å². The predicted octanol–water partition coefficient (Wildman–Crippen LogP) is 8.34. The Kier molecular flexibility index (Phi) is 13.2. The fourth-order valence-electron chi connectivity index (χ4n) is 5.38. The minimum absolute atomic E-state index is 0.101. The van der Waals surface area contributed by atoms with Crippen molar-refractivity contribution in [2.24, 2.45) is 0 Å². The molecule has 0 spiro atoms. The van der Waals surface area contributed by atoms with Gasteiger partial charge in [0.25, 0.3) is 22.9 Å². The number of carbonyl (C=O) groups is 2. The number of hydrogen-bond donors (Lipinski definition) is 2. The second kappa shape index (κ2) is 18.0. The highest BCUT2D eigenvalue weighted by atomic mass is 79.9. The molecule has 0 saturated heterocycles. The van der Waals surface area contributed by atoms with Crippen LogP contribution in [0.3, 0.4) is 0 Å². The molecule has 0 aliphatic heterocycles. The van der Waals surface area contributed by atoms with Crippen LogP contribution in [-0.4, -0.2) is 28.1 Å². The molecule has 0 unspecified atom stereocenters. The van der Waals surface area contributed by atoms with E-state index >= 15 is 0 Å². The Morgan fingerprint density at radius 1 is 0.623 bits per heavy atom. The molecule has 6 rings (SSSR count). The number of pyridine rings is 2. The first kappa shape index (κ1) is 39.0. The summed E-state index contributed by atoms with van der Waals surface area (Å²) in [5, 5.41) is 6.22. The highest BCUT2D eigenvalue weighted by Gasteiger charge is 2.16. The number of amides is 2. The molecule has 0 atom stereocenters. The minimum Gasteiger partial charge on any atom is -0.497 e. The van der Waals surface area contributed by atoms with E-state index in [1.54, 1.807) is 43.5 Å². The zero-order valence-electron chi connectivity index (χ0n) is 29.0. The molecule has 0 bridgehead atoms. The van der Waals surface area contributed by atoms with Crippen LogP contribution < -0.4 is 26.5 Å². The highest BCUT2D eigenvalue weighted by Crippen LogP contribution is 2.18. The van der Waals surface area contributed by atoms with E-state index in [9.17, 15) is 19.2 Å². The monoisotopic (exact) mass is 856 g/mol. The van der Waals surface area contributed by atoms with Gasteiger partial charge in [0.05, 0.1) is 7.11 Å². The summed E-state index contributed by atoms with van der Waals surface area (Å²) >= 11 is 12.7. The molecule has 2 amide bonds. The first-order chi connectivity index (χ1) is 25.4. The van der Waals surface area contributed by atoms with Gasteiger partial charge in [0.1, 0.15) is 16.9 Å². The number of halogens is 3. The third-order valence-electron chi connectivity index (χ3n) is 8.16. The van der Waals surface area contributed by atoms with E-state index in [0.29, 0.717) is 29.5 Å². The van der Waals surface area contributed by atoms with Crippen LogP contribution in [0, 0.1) is 13.8 Å². The summed E-state index contributed by atoms with van der Waals surface area (Å²) in [6.07, 6.45) is 0. The smallest absolute Gasteiger partial charge is 0.268 e. The maximum Gasteiger partial charge on any atom is 0.268 e. The Hall–Kier alpha value is -5.23. The maximum atomic E-state index is 12.9. The van der Waals surface area contributed by atoms with Gasteiger partial charge in [-0.3, -0.25) is 28.3 Å². The van der Waals surface area contributed by atoms with Crippen LogP contribution in [0.25, 0.3) is 11.4 Å². The molecule has 53 heavy (non-hydrogen) atoms. The van der Waals surface area contributed by atoms with Gasteiger partial charge >= 0.3 is 0 Å². The summed E-state index contributed by atoms with van der Waals surface area (Å²) in [7, 11) is 1.60. The highest BCUT2D eigenvalue weighted by molar-refractivity contribution is 9.10. The quantitative estimate of drug-likeness (QED) is 0.152. The lowest BCUT2D eigenvalue weighted by atomic mass is 10.2. The van der Waals surface area contributed by atoms with Crippen molar-refractivity contribution in [1.82, 2.24) is 19.8 Å². The molecular formula is C41H35Br2ClN4O5. The van der Waals surface area contributed by atoms with Crippen molar-refractivity contribution in [1.29, 1.82) is 0 Å². The Morgan fingerprint density at radius 3 is 1.43 bits per heavy atom. The summed E-state index contributed by atoms with van der Waals surface area (Å²) in [4.78, 5) is 50.8. The fraction of sp³-hybridized carbons (Fsp3) is 0.122. The lowest BCUT2D eigenvalue weighted by Gasteiger charge is -2.13. The van der Waals surface area contributed by atoms with E-state index in [2.05, 4.69) is 42.5 Å². The van der Waals surface area contributed by atoms with Gasteiger partial charge in [-0.25, -0.2) is 0 Å². The van der Waals surface area contributed by atoms with Gasteiger partial charge in [0, 0.05) is 49.8 Å². The average Bonchev–Trinajstić information content (AvgIpc) is 3.14. The van der Waals surface area contributed by atoms with Gasteiger partial charge in [0.2, 0.25) is 0 Å². The molecule has 12 heteroatoms. The topological polar surface area (TPSA) is 111 Å². The normalized spacial score (nSPS) is 10.5. The van der Waals surface area contributed by atoms with Crippen molar-refractivity contribution in [3.8, 4) is 17.1 Å². The number of aromatic nitrogens is 2. The van der Waals surface area contributed by atoms with Crippen molar-refractivity contribution in [3.63, 3.8) is 0 Å². The van der Waals surface area contributed by atoms with Crippen LogP contribution in [0.5, 0.6) is 5.75 Å². The van der Waals surface area contributed by atoms with Crippen molar-refractivity contribution in [2.45, 2.75) is 26.9 Å². The van der Waals surface area contributed by atoms with Crippen LogP contribution in [0.2, 0.25) is 5.02 Å². The van der Waals surface area contributed by atoms with Crippen molar-refractivity contribution in [3.05, 3.63) is 190 Å². The van der Waals surface area contributed by atoms with Gasteiger partial charge < -0.3 is 15.4 Å². The molecule has 0 radical (unpaired) electrons. The van der Waals surface area contributed by atoms with Gasteiger partial charge in [0.15, 0.2) is 0 Å². The zero-order chi connectivity index (χ0) is 38.1. The number of nitrogens with zero attached hydrogens (tertiary/aromatic N) is 2. The number of carbonyl (C=O) groups excluding carboxylic acids is 2. The van der Waals surface area contributed by atoms with Gasteiger partial charge in [-0.2, -0.15) is 0 Å². The number of aryl methyl sites for hydroxylation is 2. The molecule has 0 aliphatic rings. The van der Waals surface area contributed by atoms with Crippen LogP contribution in [0.1, 0.15) is 43.2 Å². The van der Waals surface area contributed by atoms with E-state index in [1.807, 2.05) is 98.8 Å². The molecular weight excluding hydrogens is 824 g/mol. The van der Waals surface area contributed by atoms with E-state index in [-0.39, 0.29) is 22.2 Å². The Bertz CT molecular complexity index is 2380. The van der Waals surface area contributed by atoms with Crippen LogP contribution in [0.15, 0.2) is 140 Å². The molecule has 270 valence electrons. The second-order valence-corrected chi connectivity index (χ2v) is 14.1. The first-order valence-electron chi connectivity index (χ1n) is 16.4. The van der Waals surface area contributed by atoms with Gasteiger partial charge in [-0.1, -0.05) is 79.9 Å². The number of rotatable bonds is 9. The fourth-order valence-corrected chi connectivity index (χ4v) is 6.28. The molecule has 0 fully saturated rings. The third kappa shape index (κ3) is 10.0. The van der Waals surface area contributed by atoms with Crippen molar-refractivity contribution in [2.75, 3.05) is 7.11 Å². The van der Waals surface area contributed by atoms with E-state index in [0.717, 1.165) is 37.2 Å². The van der Waals surface area contributed by atoms with E-state index < -0.39 is 11.8 Å². The largest absolute Gasteiger partial charge is 0.497 e. The van der Waals surface area contributed by atoms with E-state index in [4.69, 9.17) is 16.3 Å². The van der Waals surface area contributed by atoms with Crippen molar-refractivity contribution >= 4 is 55.3 Å². The molecule has 2 N–H and O–H groups in total. The lowest BCUT2D eigenvalue weighted by molar-refractivity contribution is 0.0941. The Morgan fingerprint density at radius 2 is 1.04 bits per heavy atom. The van der Waals surface area contributed by atoms with Crippen LogP contribution >= 0.6 is 43.5 Å². The third-order valence-corrected chi connectivity index (χ3v) is 9.39. The molecule has 0 saturated carbocycles. The van der Waals surface area contributed by atoms with Crippen molar-refractivity contribution < 1.29 is 14.3 Å². The molecule has 9 nitrogen and oxygen atoms in total. The number of ether oxygens (including phenoxy) is 1. The molecule has 6 aromatic rings. The van der Waals surface area contributed by atoms with Gasteiger partial charge in [-0.05, 0) is 110 Å². The SMILES string of the molecule is COc1ccc(CNC(=O)c2ccc(C)n(-c3cccc(Br)c3)c2=O)cc1.Cc1ccc(C(=O)NCc2ccc(Cl)cc2)c(=O)n1-c1cccc(Br)c1. The summed E-state index contributed by atoms with van der Waals surface area (Å²) in [6.45, 7) is 4.31. The first-order valence-corrected chi connectivity index (χ1v) is 18.3. The summed E-state index contributed by atoms with van der Waals surface area (Å²) < 4.78 is 9.91. The minimum atomic E-state index is -0.409. The lowest BCUT2D eigenvalue weighted by Crippen LogP contribution is -2.33. The average molecular weight is 859 g/mol. The summed E-state index contributed by atoms with van der Waals surface area (Å²) in [5.74, 6) is -0.0613. The molecule has 0 aliphatic carbocycles. The standard InChI is InChI=1S/C21H19BrN2O3.C20H16BrClN2O2/c1-14-6-11-19(21(26)24(14)17-5-3-4-16(22)12-17)20(25)23-13-15-7-9-18(27-2)10-8-15;1-13-5-10-18(19(25)23-12-14-6-8-16(22)9-7-14)20(26)24(13)17-4-2-3-15(21)11-17/h3-12H,13H2,1-2H3,(H,23,25);2-11H,12H2,1H3,(H,23,25). The molecule has 2 heterocycles. The number of hydrogen-bond acceptors (Lipinski definition) is 5. The summed E-state index contributed by atoms with van der Waals surface area (Å²) in [6, 6.07) is 36.0. The maximum absolute atomic E-state index is 12.9. The van der Waals surface area contributed by atoms with Crippen LogP contribution in [-0.2, 0) is 13.1 Å². The molecule has 2 aromatic heterocycles. The van der Waals surface area contributed by atoms with E-state index in [1.165, 1.54) is 9.13 Å². The predicted molar refractivity (Wildman–Crippen MR) is 216 cm³/mol. The summed E-state index contributed by atoms with van der Waals surface area (Å²) in [5.41, 5.74) is 4.25. The number of benzene rings is 4. The number of nitrogens with one attached hydrogen (secondary N) is 2. The number of methoxy groups -OCH3 is 1. The second-order valence-electron chi connectivity index (χ2n) is 11.9. The molecule has 4 aromatic carbocycles. The Labute approximate surface area is 328 Å². The Balaban J connectivity index is 0.000000204. The van der Waals surface area contributed by atoms with Crippen LogP contribution in [0.4, 0.5) is 0 Å².